The fraction of sp³-hybridized carbons (Fsp3) is 0.167. The van der Waals surface area contributed by atoms with Crippen molar-refractivity contribution in [3.05, 3.63) is 64.9 Å². The number of benzene rings is 2. The molecule has 1 heterocycles. The summed E-state index contributed by atoms with van der Waals surface area (Å²) in [5.41, 5.74) is 5.37. The van der Waals surface area contributed by atoms with Crippen LogP contribution in [0.25, 0.3) is 10.2 Å². The van der Waals surface area contributed by atoms with E-state index in [1.165, 1.54) is 18.2 Å². The summed E-state index contributed by atoms with van der Waals surface area (Å²) in [7, 11) is 0. The molecule has 2 N–H and O–H groups in total. The molecule has 0 atom stereocenters. The Morgan fingerprint density at radius 3 is 2.60 bits per heavy atom. The number of halogens is 1. The molecule has 0 radical (unpaired) electrons. The first-order valence-electron chi connectivity index (χ1n) is 7.81. The summed E-state index contributed by atoms with van der Waals surface area (Å²) in [5.74, 6) is -1.64. The summed E-state index contributed by atoms with van der Waals surface area (Å²) < 4.78 is 14.6. The van der Waals surface area contributed by atoms with Gasteiger partial charge in [-0.2, -0.15) is 0 Å². The first-order valence-corrected chi connectivity index (χ1v) is 8.63. The molecule has 2 amide bonds. The lowest BCUT2D eigenvalue weighted by molar-refractivity contribution is -0.121. The van der Waals surface area contributed by atoms with Crippen molar-refractivity contribution in [2.75, 3.05) is 0 Å². The summed E-state index contributed by atoms with van der Waals surface area (Å²) in [4.78, 5) is 28.1. The summed E-state index contributed by atoms with van der Waals surface area (Å²) in [5, 5.41) is 0.976. The molecule has 0 fully saturated rings. The molecule has 0 spiro atoms. The first-order chi connectivity index (χ1) is 12.1. The number of rotatable bonds is 5. The molecule has 3 aromatic rings. The Hall–Kier alpha value is -2.80. The van der Waals surface area contributed by atoms with Crippen molar-refractivity contribution in [3.8, 4) is 0 Å². The number of nitrogens with one attached hydrogen (secondary N) is 2. The Kier molecular flexibility index (Phi) is 5.35. The molecule has 3 rings (SSSR count). The van der Waals surface area contributed by atoms with Crippen LogP contribution in [-0.2, 0) is 11.2 Å². The largest absolute Gasteiger partial charge is 0.273 e. The zero-order chi connectivity index (χ0) is 17.6. The second-order valence-corrected chi connectivity index (χ2v) is 6.53. The predicted octanol–water partition coefficient (Wildman–Crippen LogP) is 3.22. The van der Waals surface area contributed by atoms with Gasteiger partial charge < -0.3 is 0 Å². The van der Waals surface area contributed by atoms with Crippen molar-refractivity contribution >= 4 is 33.4 Å². The number of para-hydroxylation sites is 1. The minimum absolute atomic E-state index is 0.114. The van der Waals surface area contributed by atoms with Gasteiger partial charge in [0.1, 0.15) is 5.82 Å². The second kappa shape index (κ2) is 7.85. The minimum atomic E-state index is -0.683. The summed E-state index contributed by atoms with van der Waals surface area (Å²) in [6.45, 7) is 0. The first kappa shape index (κ1) is 17.0. The van der Waals surface area contributed by atoms with Gasteiger partial charge >= 0.3 is 0 Å². The van der Waals surface area contributed by atoms with Crippen molar-refractivity contribution in [2.45, 2.75) is 19.3 Å². The van der Waals surface area contributed by atoms with Crippen LogP contribution in [0.2, 0.25) is 0 Å². The zero-order valence-corrected chi connectivity index (χ0v) is 14.1. The number of carbonyl (C=O) groups excluding carboxylic acids is 2. The average Bonchev–Trinajstić information content (AvgIpc) is 3.03. The SMILES string of the molecule is O=C(CCCc1nc2ccccc2s1)NNC(=O)c1ccccc1F. The number of amides is 2. The third-order valence-corrected chi connectivity index (χ3v) is 4.66. The molecule has 5 nitrogen and oxygen atoms in total. The van der Waals surface area contributed by atoms with E-state index in [2.05, 4.69) is 15.8 Å². The number of thiazole rings is 1. The molecule has 7 heteroatoms. The number of hydrazine groups is 1. The number of fused-ring (bicyclic) bond motifs is 1. The van der Waals surface area contributed by atoms with Crippen LogP contribution in [0.1, 0.15) is 28.2 Å². The number of carbonyl (C=O) groups is 2. The van der Waals surface area contributed by atoms with E-state index < -0.39 is 11.7 Å². The third kappa shape index (κ3) is 4.39. The molecule has 25 heavy (non-hydrogen) atoms. The highest BCUT2D eigenvalue weighted by molar-refractivity contribution is 7.18. The van der Waals surface area contributed by atoms with Gasteiger partial charge in [0.25, 0.3) is 5.91 Å². The Bertz CT molecular complexity index is 877. The van der Waals surface area contributed by atoms with Gasteiger partial charge in [0.15, 0.2) is 0 Å². The van der Waals surface area contributed by atoms with Crippen LogP contribution in [0, 0.1) is 5.82 Å². The number of hydrogen-bond acceptors (Lipinski definition) is 4. The Morgan fingerprint density at radius 1 is 1.04 bits per heavy atom. The lowest BCUT2D eigenvalue weighted by Crippen LogP contribution is -2.41. The van der Waals surface area contributed by atoms with Gasteiger partial charge in [-0.15, -0.1) is 11.3 Å². The molecule has 0 saturated heterocycles. The van der Waals surface area contributed by atoms with Gasteiger partial charge in [-0.05, 0) is 37.1 Å². The molecule has 0 saturated carbocycles. The quantitative estimate of drug-likeness (QED) is 0.689. The van der Waals surface area contributed by atoms with Crippen molar-refractivity contribution in [2.24, 2.45) is 0 Å². The van der Waals surface area contributed by atoms with Crippen LogP contribution >= 0.6 is 11.3 Å². The maximum atomic E-state index is 13.5. The van der Waals surface area contributed by atoms with Crippen LogP contribution < -0.4 is 10.9 Å². The Labute approximate surface area is 147 Å². The van der Waals surface area contributed by atoms with Crippen molar-refractivity contribution in [3.63, 3.8) is 0 Å². The highest BCUT2D eigenvalue weighted by Gasteiger charge is 2.11. The highest BCUT2D eigenvalue weighted by Crippen LogP contribution is 2.22. The molecule has 0 unspecified atom stereocenters. The lowest BCUT2D eigenvalue weighted by atomic mass is 10.2. The molecule has 0 aliphatic rings. The molecular formula is C18H16FN3O2S. The summed E-state index contributed by atoms with van der Waals surface area (Å²) >= 11 is 1.61. The second-order valence-electron chi connectivity index (χ2n) is 5.41. The normalized spacial score (nSPS) is 10.6. The van der Waals surface area contributed by atoms with Crippen molar-refractivity contribution < 1.29 is 14.0 Å². The van der Waals surface area contributed by atoms with E-state index in [4.69, 9.17) is 0 Å². The zero-order valence-electron chi connectivity index (χ0n) is 13.3. The lowest BCUT2D eigenvalue weighted by Gasteiger charge is -2.07. The topological polar surface area (TPSA) is 71.1 Å². The Morgan fingerprint density at radius 2 is 1.80 bits per heavy atom. The van der Waals surface area contributed by atoms with Gasteiger partial charge in [-0.1, -0.05) is 24.3 Å². The van der Waals surface area contributed by atoms with Gasteiger partial charge in [-0.25, -0.2) is 9.37 Å². The van der Waals surface area contributed by atoms with E-state index in [-0.39, 0.29) is 17.9 Å². The maximum Gasteiger partial charge on any atom is 0.272 e. The fourth-order valence-corrected chi connectivity index (χ4v) is 3.34. The standard InChI is InChI=1S/C18H16FN3O2S/c19-13-7-2-1-6-12(13)18(24)22-21-16(23)10-5-11-17-20-14-8-3-4-9-15(14)25-17/h1-4,6-9H,5,10-11H2,(H,21,23)(H,22,24). The molecule has 0 aliphatic carbocycles. The number of nitrogens with zero attached hydrogens (tertiary/aromatic N) is 1. The number of aryl methyl sites for hydroxylation is 1. The van der Waals surface area contributed by atoms with Crippen LogP contribution in [0.5, 0.6) is 0 Å². The van der Waals surface area contributed by atoms with Crippen molar-refractivity contribution in [1.29, 1.82) is 0 Å². The van der Waals surface area contributed by atoms with E-state index in [0.29, 0.717) is 12.8 Å². The van der Waals surface area contributed by atoms with Crippen molar-refractivity contribution in [1.82, 2.24) is 15.8 Å². The molecule has 0 aliphatic heterocycles. The average molecular weight is 357 g/mol. The van der Waals surface area contributed by atoms with Gasteiger partial charge in [0.05, 0.1) is 20.8 Å². The molecule has 1 aromatic heterocycles. The van der Waals surface area contributed by atoms with Gasteiger partial charge in [-0.3, -0.25) is 20.4 Å². The predicted molar refractivity (Wildman–Crippen MR) is 94.6 cm³/mol. The van der Waals surface area contributed by atoms with Crippen LogP contribution in [0.4, 0.5) is 4.39 Å². The number of hydrogen-bond donors (Lipinski definition) is 2. The number of aromatic nitrogens is 1. The molecular weight excluding hydrogens is 341 g/mol. The smallest absolute Gasteiger partial charge is 0.272 e. The molecule has 0 bridgehead atoms. The highest BCUT2D eigenvalue weighted by atomic mass is 32.1. The van der Waals surface area contributed by atoms with Gasteiger partial charge in [0, 0.05) is 6.42 Å². The fourth-order valence-electron chi connectivity index (χ4n) is 2.33. The van der Waals surface area contributed by atoms with Crippen LogP contribution in [0.15, 0.2) is 48.5 Å². The maximum absolute atomic E-state index is 13.5. The van der Waals surface area contributed by atoms with E-state index in [0.717, 1.165) is 15.2 Å². The van der Waals surface area contributed by atoms with Crippen LogP contribution in [-0.4, -0.2) is 16.8 Å². The van der Waals surface area contributed by atoms with E-state index in [1.54, 1.807) is 17.4 Å². The van der Waals surface area contributed by atoms with Crippen LogP contribution in [0.3, 0.4) is 0 Å². The molecule has 2 aromatic carbocycles. The monoisotopic (exact) mass is 357 g/mol. The minimum Gasteiger partial charge on any atom is -0.273 e. The molecule has 128 valence electrons. The van der Waals surface area contributed by atoms with Gasteiger partial charge in [0.2, 0.25) is 5.91 Å². The van der Waals surface area contributed by atoms with E-state index >= 15 is 0 Å². The summed E-state index contributed by atoms with van der Waals surface area (Å²) in [6, 6.07) is 13.5. The van der Waals surface area contributed by atoms with E-state index in [1.807, 2.05) is 24.3 Å². The summed E-state index contributed by atoms with van der Waals surface area (Å²) in [6.07, 6.45) is 1.54. The Balaban J connectivity index is 1.43. The van der Waals surface area contributed by atoms with E-state index in [9.17, 15) is 14.0 Å². The third-order valence-electron chi connectivity index (χ3n) is 3.57.